The molecule has 0 spiro atoms. The highest BCUT2D eigenvalue weighted by Gasteiger charge is 2.33. The third kappa shape index (κ3) is 6.30. The first kappa shape index (κ1) is 20.8. The molecule has 0 atom stereocenters. The lowest BCUT2D eigenvalue weighted by Crippen LogP contribution is -2.12. The molecular weight excluding hydrogens is 394 g/mol. The van der Waals surface area contributed by atoms with Crippen LogP contribution in [0.25, 0.3) is 0 Å². The molecule has 1 aromatic carbocycles. The minimum Gasteiger partial charge on any atom is -0.253 e. The van der Waals surface area contributed by atoms with Crippen molar-refractivity contribution in [2.24, 2.45) is 0 Å². The standard InChI is InChI=1S/C11H15Cl2O8PS/c1-3-17-20-22(14,21-18-4-2)8-19-23(15,16)11-9(12)6-5-7-10(11)13/h5-7H,3-4,8H2,1-2H3. The molecule has 23 heavy (non-hydrogen) atoms. The Morgan fingerprint density at radius 2 is 1.52 bits per heavy atom. The maximum atomic E-state index is 12.2. The van der Waals surface area contributed by atoms with Crippen LogP contribution < -0.4 is 0 Å². The summed E-state index contributed by atoms with van der Waals surface area (Å²) in [7, 11) is -8.54. The van der Waals surface area contributed by atoms with E-state index in [9.17, 15) is 13.0 Å². The summed E-state index contributed by atoms with van der Waals surface area (Å²) in [6, 6.07) is 4.10. The molecule has 0 amide bonds. The molecule has 0 aliphatic rings. The molecule has 0 bridgehead atoms. The Balaban J connectivity index is 2.93. The molecule has 0 aliphatic heterocycles. The maximum Gasteiger partial charge on any atom is 0.411 e. The summed E-state index contributed by atoms with van der Waals surface area (Å²) >= 11 is 11.6. The highest BCUT2D eigenvalue weighted by Crippen LogP contribution is 2.49. The third-order valence-electron chi connectivity index (χ3n) is 2.10. The third-order valence-corrected chi connectivity index (χ3v) is 5.61. The van der Waals surface area contributed by atoms with Crippen molar-refractivity contribution >= 4 is 40.9 Å². The fourth-order valence-electron chi connectivity index (χ4n) is 1.24. The molecular formula is C11H15Cl2O8PS. The molecule has 0 saturated heterocycles. The summed E-state index contributed by atoms with van der Waals surface area (Å²) in [5.74, 6) is 0. The van der Waals surface area contributed by atoms with Gasteiger partial charge in [0.25, 0.3) is 0 Å². The number of benzene rings is 1. The molecule has 8 nitrogen and oxygen atoms in total. The van der Waals surface area contributed by atoms with Crippen LogP contribution in [-0.2, 0) is 38.0 Å². The fourth-order valence-corrected chi connectivity index (χ4v) is 4.65. The number of hydrogen-bond donors (Lipinski definition) is 0. The predicted octanol–water partition coefficient (Wildman–Crippen LogP) is 3.79. The predicted molar refractivity (Wildman–Crippen MR) is 82.6 cm³/mol. The van der Waals surface area contributed by atoms with Gasteiger partial charge in [-0.2, -0.15) is 8.42 Å². The highest BCUT2D eigenvalue weighted by atomic mass is 35.5. The van der Waals surface area contributed by atoms with E-state index < -0.39 is 29.0 Å². The molecule has 0 unspecified atom stereocenters. The summed E-state index contributed by atoms with van der Waals surface area (Å²) in [6.07, 6.45) is -0.989. The first-order chi connectivity index (χ1) is 10.8. The lowest BCUT2D eigenvalue weighted by molar-refractivity contribution is -0.264. The Hall–Kier alpha value is -0.220. The SMILES string of the molecule is CCOOP(=O)(COS(=O)(=O)c1c(Cl)cccc1Cl)OOCC. The van der Waals surface area contributed by atoms with Crippen molar-refractivity contribution in [3.63, 3.8) is 0 Å². The zero-order chi connectivity index (χ0) is 17.5. The zero-order valence-electron chi connectivity index (χ0n) is 12.2. The zero-order valence-corrected chi connectivity index (χ0v) is 15.5. The lowest BCUT2D eigenvalue weighted by atomic mass is 10.4. The van der Waals surface area contributed by atoms with Gasteiger partial charge in [-0.25, -0.2) is 9.78 Å². The van der Waals surface area contributed by atoms with Crippen LogP contribution in [0.3, 0.4) is 0 Å². The maximum absolute atomic E-state index is 12.2. The van der Waals surface area contributed by atoms with Gasteiger partial charge in [0.05, 0.1) is 23.3 Å². The van der Waals surface area contributed by atoms with Crippen molar-refractivity contribution in [3.8, 4) is 0 Å². The smallest absolute Gasteiger partial charge is 0.253 e. The van der Waals surface area contributed by atoms with Crippen molar-refractivity contribution in [1.29, 1.82) is 0 Å². The Morgan fingerprint density at radius 1 is 1.04 bits per heavy atom. The van der Waals surface area contributed by atoms with Crippen LogP contribution >= 0.6 is 30.8 Å². The second-order valence-electron chi connectivity index (χ2n) is 3.82. The Kier molecular flexibility index (Phi) is 8.43. The van der Waals surface area contributed by atoms with E-state index in [1.54, 1.807) is 13.8 Å². The van der Waals surface area contributed by atoms with E-state index in [-0.39, 0.29) is 23.3 Å². The first-order valence-electron chi connectivity index (χ1n) is 6.30. The van der Waals surface area contributed by atoms with Crippen LogP contribution in [0.15, 0.2) is 23.1 Å². The van der Waals surface area contributed by atoms with Gasteiger partial charge < -0.3 is 0 Å². The van der Waals surface area contributed by atoms with Crippen molar-refractivity contribution in [2.75, 3.05) is 19.6 Å². The average molecular weight is 409 g/mol. The van der Waals surface area contributed by atoms with Gasteiger partial charge in [0.1, 0.15) is 4.90 Å². The van der Waals surface area contributed by atoms with Crippen LogP contribution in [0.1, 0.15) is 13.8 Å². The molecule has 0 aromatic heterocycles. The van der Waals surface area contributed by atoms with Crippen molar-refractivity contribution in [3.05, 3.63) is 28.2 Å². The normalized spacial score (nSPS) is 12.5. The molecule has 0 fully saturated rings. The first-order valence-corrected chi connectivity index (χ1v) is 10.2. The highest BCUT2D eigenvalue weighted by molar-refractivity contribution is 7.87. The van der Waals surface area contributed by atoms with Crippen molar-refractivity contribution in [1.82, 2.24) is 0 Å². The molecule has 12 heteroatoms. The monoisotopic (exact) mass is 408 g/mol. The Morgan fingerprint density at radius 3 is 1.96 bits per heavy atom. The van der Waals surface area contributed by atoms with Gasteiger partial charge in [0, 0.05) is 0 Å². The van der Waals surface area contributed by atoms with E-state index in [0.29, 0.717) is 0 Å². The van der Waals surface area contributed by atoms with Gasteiger partial charge in [-0.05, 0) is 26.0 Å². The van der Waals surface area contributed by atoms with Gasteiger partial charge in [-0.3, -0.25) is 8.75 Å². The summed E-state index contributed by atoms with van der Waals surface area (Å²) < 4.78 is 50.3. The molecule has 0 N–H and O–H groups in total. The molecule has 1 aromatic rings. The Labute approximate surface area is 144 Å². The van der Waals surface area contributed by atoms with Crippen molar-refractivity contribution in [2.45, 2.75) is 18.7 Å². The van der Waals surface area contributed by atoms with Gasteiger partial charge in [-0.15, -0.1) is 9.35 Å². The molecule has 0 heterocycles. The molecule has 132 valence electrons. The molecule has 0 saturated carbocycles. The summed E-state index contributed by atoms with van der Waals surface area (Å²) in [6.45, 7) is 3.21. The summed E-state index contributed by atoms with van der Waals surface area (Å²) in [5.41, 5.74) is 0. The van der Waals surface area contributed by atoms with Crippen LogP contribution in [-0.4, -0.2) is 28.0 Å². The van der Waals surface area contributed by atoms with Crippen LogP contribution in [0.4, 0.5) is 0 Å². The number of rotatable bonds is 10. The second kappa shape index (κ2) is 9.31. The topological polar surface area (TPSA) is 97.4 Å². The van der Waals surface area contributed by atoms with Gasteiger partial charge in [-0.1, -0.05) is 29.3 Å². The summed E-state index contributed by atoms with van der Waals surface area (Å²) in [4.78, 5) is 8.58. The van der Waals surface area contributed by atoms with E-state index in [1.807, 2.05) is 0 Å². The van der Waals surface area contributed by atoms with E-state index >= 15 is 0 Å². The van der Waals surface area contributed by atoms with E-state index in [1.165, 1.54) is 18.2 Å². The van der Waals surface area contributed by atoms with Crippen LogP contribution in [0.5, 0.6) is 0 Å². The van der Waals surface area contributed by atoms with E-state index in [4.69, 9.17) is 23.2 Å². The number of hydrogen-bond acceptors (Lipinski definition) is 8. The fraction of sp³-hybridized carbons (Fsp3) is 0.455. The summed E-state index contributed by atoms with van der Waals surface area (Å²) in [5, 5.41) is -0.299. The quantitative estimate of drug-likeness (QED) is 0.249. The van der Waals surface area contributed by atoms with E-state index in [2.05, 4.69) is 23.3 Å². The minimum absolute atomic E-state index is 0.0442. The van der Waals surface area contributed by atoms with Gasteiger partial charge in [0.2, 0.25) is 0 Å². The average Bonchev–Trinajstić information content (AvgIpc) is 2.49. The second-order valence-corrected chi connectivity index (χ2v) is 7.97. The van der Waals surface area contributed by atoms with Gasteiger partial charge >= 0.3 is 17.7 Å². The lowest BCUT2D eigenvalue weighted by Gasteiger charge is -2.15. The van der Waals surface area contributed by atoms with Crippen LogP contribution in [0.2, 0.25) is 10.0 Å². The largest absolute Gasteiger partial charge is 0.411 e. The van der Waals surface area contributed by atoms with Crippen molar-refractivity contribution < 1.29 is 36.3 Å². The minimum atomic E-state index is -4.41. The Bertz CT molecular complexity index is 634. The molecule has 0 radical (unpaired) electrons. The van der Waals surface area contributed by atoms with Crippen LogP contribution in [0, 0.1) is 0 Å². The molecule has 1 rings (SSSR count). The van der Waals surface area contributed by atoms with Gasteiger partial charge in [0.15, 0.2) is 6.35 Å². The molecule has 0 aliphatic carbocycles. The van der Waals surface area contributed by atoms with E-state index in [0.717, 1.165) is 0 Å². The number of halogens is 2.